The highest BCUT2D eigenvalue weighted by Crippen LogP contribution is 2.25. The van der Waals surface area contributed by atoms with Crippen LogP contribution in [0.1, 0.15) is 18.7 Å². The van der Waals surface area contributed by atoms with E-state index in [1.807, 2.05) is 31.2 Å². The Bertz CT molecular complexity index is 630. The molecule has 1 amide bonds. The summed E-state index contributed by atoms with van der Waals surface area (Å²) in [7, 11) is 0. The summed E-state index contributed by atoms with van der Waals surface area (Å²) in [4.78, 5) is 16.7. The zero-order chi connectivity index (χ0) is 14.7. The number of para-hydroxylation sites is 1. The van der Waals surface area contributed by atoms with Crippen molar-refractivity contribution in [1.82, 2.24) is 20.5 Å². The Morgan fingerprint density at radius 2 is 2.24 bits per heavy atom. The van der Waals surface area contributed by atoms with Crippen LogP contribution in [0.5, 0.6) is 0 Å². The van der Waals surface area contributed by atoms with E-state index in [1.54, 1.807) is 0 Å². The lowest BCUT2D eigenvalue weighted by molar-refractivity contribution is -0.120. The number of aromatic amines is 1. The van der Waals surface area contributed by atoms with Gasteiger partial charge in [0.1, 0.15) is 5.82 Å². The maximum Gasteiger partial charge on any atom is 0.228 e. The average molecular weight is 285 g/mol. The summed E-state index contributed by atoms with van der Waals surface area (Å²) in [6.07, 6.45) is 1.97. The van der Waals surface area contributed by atoms with Crippen LogP contribution in [0.3, 0.4) is 0 Å². The molecule has 1 aliphatic rings. The Kier molecular flexibility index (Phi) is 3.96. The minimum absolute atomic E-state index is 0.0284. The fourth-order valence-corrected chi connectivity index (χ4v) is 2.56. The quantitative estimate of drug-likeness (QED) is 0.802. The average Bonchev–Trinajstić information content (AvgIpc) is 2.95. The predicted molar refractivity (Wildman–Crippen MR) is 80.8 cm³/mol. The molecule has 0 unspecified atom stereocenters. The standard InChI is InChI=1S/C15H19N5O/c1-10-17-14(20-19-10)12-6-2-3-7-13(12)18-15(21)11-5-4-8-16-9-11/h2-3,6-7,11,16H,4-5,8-9H2,1H3,(H,18,21)(H,17,19,20)/t11-/m0/s1. The van der Waals surface area contributed by atoms with Crippen molar-refractivity contribution >= 4 is 11.6 Å². The molecule has 1 aromatic heterocycles. The highest BCUT2D eigenvalue weighted by molar-refractivity contribution is 5.96. The van der Waals surface area contributed by atoms with E-state index in [2.05, 4.69) is 25.8 Å². The normalized spacial score (nSPS) is 18.4. The van der Waals surface area contributed by atoms with Gasteiger partial charge in [-0.15, -0.1) is 0 Å². The number of anilines is 1. The second-order valence-corrected chi connectivity index (χ2v) is 5.32. The number of hydrogen-bond donors (Lipinski definition) is 3. The first-order valence-electron chi connectivity index (χ1n) is 7.24. The van der Waals surface area contributed by atoms with Gasteiger partial charge in [0.25, 0.3) is 0 Å². The number of nitrogens with one attached hydrogen (secondary N) is 3. The number of carbonyl (C=O) groups is 1. The molecule has 3 N–H and O–H groups in total. The van der Waals surface area contributed by atoms with Crippen LogP contribution in [-0.2, 0) is 4.79 Å². The summed E-state index contributed by atoms with van der Waals surface area (Å²) in [5.41, 5.74) is 1.59. The summed E-state index contributed by atoms with van der Waals surface area (Å²) < 4.78 is 0. The van der Waals surface area contributed by atoms with Gasteiger partial charge in [-0.25, -0.2) is 4.98 Å². The van der Waals surface area contributed by atoms with Gasteiger partial charge < -0.3 is 10.6 Å². The number of H-pyrrole nitrogens is 1. The van der Waals surface area contributed by atoms with Gasteiger partial charge in [-0.2, -0.15) is 5.10 Å². The van der Waals surface area contributed by atoms with Gasteiger partial charge in [0.05, 0.1) is 11.6 Å². The van der Waals surface area contributed by atoms with E-state index in [1.165, 1.54) is 0 Å². The third-order valence-electron chi connectivity index (χ3n) is 3.69. The van der Waals surface area contributed by atoms with E-state index >= 15 is 0 Å². The summed E-state index contributed by atoms with van der Waals surface area (Å²) in [6.45, 7) is 3.59. The summed E-state index contributed by atoms with van der Waals surface area (Å²) in [5.74, 6) is 1.44. The predicted octanol–water partition coefficient (Wildman–Crippen LogP) is 1.72. The SMILES string of the molecule is Cc1nc(-c2ccccc2NC(=O)[C@H]2CCCNC2)n[nH]1. The fourth-order valence-electron chi connectivity index (χ4n) is 2.56. The molecule has 21 heavy (non-hydrogen) atoms. The van der Waals surface area contributed by atoms with E-state index in [4.69, 9.17) is 0 Å². The Balaban J connectivity index is 1.80. The molecular weight excluding hydrogens is 266 g/mol. The summed E-state index contributed by atoms with van der Waals surface area (Å²) in [6, 6.07) is 7.61. The van der Waals surface area contributed by atoms with Crippen LogP contribution in [0.2, 0.25) is 0 Å². The highest BCUT2D eigenvalue weighted by Gasteiger charge is 2.22. The Labute approximate surface area is 123 Å². The molecule has 1 atom stereocenters. The van der Waals surface area contributed by atoms with E-state index < -0.39 is 0 Å². The van der Waals surface area contributed by atoms with Gasteiger partial charge >= 0.3 is 0 Å². The summed E-state index contributed by atoms with van der Waals surface area (Å²) in [5, 5.41) is 13.3. The Hall–Kier alpha value is -2.21. The lowest BCUT2D eigenvalue weighted by atomic mass is 9.98. The zero-order valence-corrected chi connectivity index (χ0v) is 12.0. The third-order valence-corrected chi connectivity index (χ3v) is 3.69. The van der Waals surface area contributed by atoms with Gasteiger partial charge in [0.15, 0.2) is 5.82 Å². The van der Waals surface area contributed by atoms with Crippen molar-refractivity contribution in [3.05, 3.63) is 30.1 Å². The molecule has 2 heterocycles. The molecule has 6 nitrogen and oxygen atoms in total. The first kappa shape index (κ1) is 13.8. The molecule has 6 heteroatoms. The molecule has 2 aromatic rings. The lowest BCUT2D eigenvalue weighted by Crippen LogP contribution is -2.37. The molecule has 1 aliphatic heterocycles. The molecule has 0 bridgehead atoms. The molecule has 1 aromatic carbocycles. The van der Waals surface area contributed by atoms with Crippen molar-refractivity contribution in [2.75, 3.05) is 18.4 Å². The lowest BCUT2D eigenvalue weighted by Gasteiger charge is -2.22. The molecule has 110 valence electrons. The maximum atomic E-state index is 12.4. The molecular formula is C15H19N5O. The van der Waals surface area contributed by atoms with Crippen LogP contribution in [-0.4, -0.2) is 34.2 Å². The number of aromatic nitrogens is 3. The number of nitrogens with zero attached hydrogens (tertiary/aromatic N) is 2. The largest absolute Gasteiger partial charge is 0.325 e. The van der Waals surface area contributed by atoms with Crippen molar-refractivity contribution in [3.63, 3.8) is 0 Å². The molecule has 0 radical (unpaired) electrons. The summed E-state index contributed by atoms with van der Waals surface area (Å²) >= 11 is 0. The van der Waals surface area contributed by atoms with E-state index in [0.29, 0.717) is 5.82 Å². The van der Waals surface area contributed by atoms with E-state index in [-0.39, 0.29) is 11.8 Å². The molecule has 0 saturated carbocycles. The van der Waals surface area contributed by atoms with E-state index in [9.17, 15) is 4.79 Å². The monoisotopic (exact) mass is 285 g/mol. The minimum Gasteiger partial charge on any atom is -0.325 e. The van der Waals surface area contributed by atoms with Gasteiger partial charge in [-0.1, -0.05) is 12.1 Å². The molecule has 0 aliphatic carbocycles. The number of benzene rings is 1. The second kappa shape index (κ2) is 6.05. The number of hydrogen-bond acceptors (Lipinski definition) is 4. The number of carbonyl (C=O) groups excluding carboxylic acids is 1. The van der Waals surface area contributed by atoms with E-state index in [0.717, 1.165) is 43.0 Å². The Morgan fingerprint density at radius 3 is 2.95 bits per heavy atom. The third kappa shape index (κ3) is 3.11. The van der Waals surface area contributed by atoms with Crippen LogP contribution in [0.4, 0.5) is 5.69 Å². The van der Waals surface area contributed by atoms with Gasteiger partial charge in [-0.05, 0) is 38.4 Å². The van der Waals surface area contributed by atoms with Crippen LogP contribution < -0.4 is 10.6 Å². The molecule has 0 spiro atoms. The minimum atomic E-state index is 0.0284. The fraction of sp³-hybridized carbons (Fsp3) is 0.400. The number of amides is 1. The topological polar surface area (TPSA) is 82.7 Å². The van der Waals surface area contributed by atoms with Crippen LogP contribution >= 0.6 is 0 Å². The second-order valence-electron chi connectivity index (χ2n) is 5.32. The number of piperidine rings is 1. The maximum absolute atomic E-state index is 12.4. The molecule has 3 rings (SSSR count). The molecule has 1 saturated heterocycles. The van der Waals surface area contributed by atoms with Crippen LogP contribution in [0.25, 0.3) is 11.4 Å². The van der Waals surface area contributed by atoms with Gasteiger partial charge in [-0.3, -0.25) is 9.89 Å². The van der Waals surface area contributed by atoms with Crippen molar-refractivity contribution in [2.45, 2.75) is 19.8 Å². The van der Waals surface area contributed by atoms with Gasteiger partial charge in [0.2, 0.25) is 5.91 Å². The van der Waals surface area contributed by atoms with Crippen LogP contribution in [0, 0.1) is 12.8 Å². The van der Waals surface area contributed by atoms with Crippen molar-refractivity contribution in [2.24, 2.45) is 5.92 Å². The molecule has 1 fully saturated rings. The van der Waals surface area contributed by atoms with Crippen molar-refractivity contribution in [3.8, 4) is 11.4 Å². The smallest absolute Gasteiger partial charge is 0.228 e. The van der Waals surface area contributed by atoms with Crippen molar-refractivity contribution < 1.29 is 4.79 Å². The van der Waals surface area contributed by atoms with Crippen LogP contribution in [0.15, 0.2) is 24.3 Å². The van der Waals surface area contributed by atoms with Gasteiger partial charge in [0, 0.05) is 12.1 Å². The van der Waals surface area contributed by atoms with Crippen molar-refractivity contribution in [1.29, 1.82) is 0 Å². The first-order chi connectivity index (χ1) is 10.2. The highest BCUT2D eigenvalue weighted by atomic mass is 16.1. The number of rotatable bonds is 3. The first-order valence-corrected chi connectivity index (χ1v) is 7.24. The zero-order valence-electron chi connectivity index (χ0n) is 12.0. The Morgan fingerprint density at radius 1 is 1.38 bits per heavy atom. The number of aryl methyl sites for hydroxylation is 1.